The Morgan fingerprint density at radius 2 is 1.62 bits per heavy atom. The highest BCUT2D eigenvalue weighted by atomic mass is 16.6. The van der Waals surface area contributed by atoms with Gasteiger partial charge in [-0.15, -0.1) is 0 Å². The molecule has 0 aromatic heterocycles. The van der Waals surface area contributed by atoms with E-state index in [9.17, 15) is 9.59 Å². The minimum absolute atomic E-state index is 0.0483. The molecular formula is C19H30N2O5. The summed E-state index contributed by atoms with van der Waals surface area (Å²) in [5, 5.41) is 2.65. The van der Waals surface area contributed by atoms with Gasteiger partial charge in [0.25, 0.3) is 0 Å². The lowest BCUT2D eigenvalue weighted by molar-refractivity contribution is -0.155. The van der Waals surface area contributed by atoms with Gasteiger partial charge in [0, 0.05) is 0 Å². The smallest absolute Gasteiger partial charge is 0.408 e. The van der Waals surface area contributed by atoms with Crippen LogP contribution in [-0.4, -0.2) is 35.9 Å². The monoisotopic (exact) mass is 366 g/mol. The van der Waals surface area contributed by atoms with Gasteiger partial charge in [-0.25, -0.2) is 4.79 Å². The molecule has 146 valence electrons. The molecule has 1 atom stereocenters. The van der Waals surface area contributed by atoms with Crippen molar-refractivity contribution in [3.63, 3.8) is 0 Å². The predicted molar refractivity (Wildman–Crippen MR) is 100.0 cm³/mol. The van der Waals surface area contributed by atoms with Crippen molar-refractivity contribution in [1.29, 1.82) is 0 Å². The topological polar surface area (TPSA) is 99.9 Å². The number of para-hydroxylation sites is 2. The highest BCUT2D eigenvalue weighted by Crippen LogP contribution is 2.20. The molecule has 1 aromatic rings. The second-order valence-corrected chi connectivity index (χ2v) is 7.98. The summed E-state index contributed by atoms with van der Waals surface area (Å²) in [7, 11) is 0. The zero-order valence-corrected chi connectivity index (χ0v) is 16.4. The van der Waals surface area contributed by atoms with Gasteiger partial charge in [-0.05, 0) is 53.7 Å². The Kier molecular flexibility index (Phi) is 7.29. The minimum atomic E-state index is -0.648. The molecule has 0 fully saturated rings. The Hall–Kier alpha value is -2.44. The van der Waals surface area contributed by atoms with Gasteiger partial charge in [-0.2, -0.15) is 0 Å². The van der Waals surface area contributed by atoms with Crippen molar-refractivity contribution in [3.8, 4) is 5.75 Å². The van der Waals surface area contributed by atoms with Gasteiger partial charge in [-0.3, -0.25) is 4.79 Å². The lowest BCUT2D eigenvalue weighted by Crippen LogP contribution is -2.44. The Labute approximate surface area is 155 Å². The van der Waals surface area contributed by atoms with Crippen LogP contribution in [0, 0.1) is 0 Å². The van der Waals surface area contributed by atoms with E-state index < -0.39 is 29.3 Å². The van der Waals surface area contributed by atoms with Crippen molar-refractivity contribution in [3.05, 3.63) is 24.3 Å². The number of hydrogen-bond donors (Lipinski definition) is 2. The fourth-order valence-electron chi connectivity index (χ4n) is 2.01. The van der Waals surface area contributed by atoms with Gasteiger partial charge in [0.05, 0.1) is 18.2 Å². The number of nitrogens with one attached hydrogen (secondary N) is 1. The van der Waals surface area contributed by atoms with Crippen LogP contribution >= 0.6 is 0 Å². The Morgan fingerprint density at radius 1 is 1.04 bits per heavy atom. The predicted octanol–water partition coefficient (Wildman–Crippen LogP) is 3.27. The molecule has 0 aliphatic carbocycles. The highest BCUT2D eigenvalue weighted by molar-refractivity contribution is 5.73. The van der Waals surface area contributed by atoms with Crippen LogP contribution in [0.15, 0.2) is 24.3 Å². The van der Waals surface area contributed by atoms with Crippen LogP contribution in [0.3, 0.4) is 0 Å². The number of rotatable bonds is 6. The molecule has 0 aliphatic rings. The molecular weight excluding hydrogens is 336 g/mol. The molecule has 1 aromatic carbocycles. The fraction of sp³-hybridized carbons (Fsp3) is 0.579. The maximum atomic E-state index is 12.1. The van der Waals surface area contributed by atoms with Gasteiger partial charge in [0.15, 0.2) is 0 Å². The minimum Gasteiger partial charge on any atom is -0.489 e. The van der Waals surface area contributed by atoms with E-state index in [0.717, 1.165) is 0 Å². The number of amides is 1. The lowest BCUT2D eigenvalue weighted by Gasteiger charge is -2.25. The third-order valence-electron chi connectivity index (χ3n) is 2.91. The summed E-state index contributed by atoms with van der Waals surface area (Å²) in [5.74, 6) is 0.0378. The molecule has 1 rings (SSSR count). The molecule has 0 radical (unpaired) electrons. The number of benzene rings is 1. The molecule has 0 bridgehead atoms. The van der Waals surface area contributed by atoms with E-state index in [1.54, 1.807) is 65.8 Å². The molecule has 0 saturated heterocycles. The number of carbonyl (C=O) groups is 2. The number of nitrogens with two attached hydrogens (primary N) is 1. The van der Waals surface area contributed by atoms with Crippen molar-refractivity contribution >= 4 is 17.7 Å². The second-order valence-electron chi connectivity index (χ2n) is 7.98. The average Bonchev–Trinajstić information content (AvgIpc) is 2.41. The normalized spacial score (nSPS) is 12.8. The molecule has 0 aliphatic heterocycles. The first-order chi connectivity index (χ1) is 11.9. The maximum Gasteiger partial charge on any atom is 0.408 e. The number of nitrogen functional groups attached to an aromatic ring is 1. The first kappa shape index (κ1) is 21.6. The number of carbonyl (C=O) groups excluding carboxylic acids is 2. The van der Waals surface area contributed by atoms with E-state index in [2.05, 4.69) is 5.32 Å². The number of alkyl carbamates (subject to hydrolysis) is 1. The van der Waals surface area contributed by atoms with Crippen LogP contribution in [0.25, 0.3) is 0 Å². The summed E-state index contributed by atoms with van der Waals surface area (Å²) in [5.41, 5.74) is 5.06. The van der Waals surface area contributed by atoms with Crippen LogP contribution in [0.4, 0.5) is 10.5 Å². The Bertz CT molecular complexity index is 587. The molecule has 1 amide bonds. The number of hydrogen-bond acceptors (Lipinski definition) is 6. The zero-order chi connectivity index (χ0) is 20.0. The van der Waals surface area contributed by atoms with E-state index in [1.807, 2.05) is 0 Å². The SMILES string of the molecule is CC(C)(C)OC(=O)C[C@H](COc1ccccc1N)NC(=O)OC(C)(C)C. The van der Waals surface area contributed by atoms with Crippen LogP contribution in [0.5, 0.6) is 5.75 Å². The average molecular weight is 366 g/mol. The molecule has 0 heterocycles. The van der Waals surface area contributed by atoms with E-state index >= 15 is 0 Å². The molecule has 0 saturated carbocycles. The summed E-state index contributed by atoms with van der Waals surface area (Å²) < 4.78 is 16.2. The molecule has 0 unspecified atom stereocenters. The van der Waals surface area contributed by atoms with Crippen molar-refractivity contribution in [2.24, 2.45) is 0 Å². The van der Waals surface area contributed by atoms with E-state index in [1.165, 1.54) is 0 Å². The number of anilines is 1. The third-order valence-corrected chi connectivity index (χ3v) is 2.91. The summed E-state index contributed by atoms with van der Waals surface area (Å²) >= 11 is 0. The fourth-order valence-corrected chi connectivity index (χ4v) is 2.01. The van der Waals surface area contributed by atoms with Crippen LogP contribution in [0.2, 0.25) is 0 Å². The van der Waals surface area contributed by atoms with Gasteiger partial charge in [-0.1, -0.05) is 12.1 Å². The molecule has 7 heteroatoms. The van der Waals surface area contributed by atoms with E-state index in [0.29, 0.717) is 11.4 Å². The van der Waals surface area contributed by atoms with E-state index in [-0.39, 0.29) is 13.0 Å². The van der Waals surface area contributed by atoms with Gasteiger partial charge in [0.2, 0.25) is 0 Å². The summed E-state index contributed by atoms with van der Waals surface area (Å²) in [4.78, 5) is 24.2. The van der Waals surface area contributed by atoms with Gasteiger partial charge >= 0.3 is 12.1 Å². The third kappa shape index (κ3) is 9.15. The summed E-state index contributed by atoms with van der Waals surface area (Å²) in [6.45, 7) is 10.7. The number of ether oxygens (including phenoxy) is 3. The molecule has 7 nitrogen and oxygen atoms in total. The number of esters is 1. The van der Waals surface area contributed by atoms with Crippen LogP contribution in [0.1, 0.15) is 48.0 Å². The van der Waals surface area contributed by atoms with Crippen molar-refractivity contribution in [2.45, 2.75) is 65.2 Å². The summed E-state index contributed by atoms with van der Waals surface area (Å²) in [6.07, 6.45) is -0.681. The van der Waals surface area contributed by atoms with Crippen molar-refractivity contribution < 1.29 is 23.8 Å². The molecule has 26 heavy (non-hydrogen) atoms. The van der Waals surface area contributed by atoms with Crippen LogP contribution < -0.4 is 15.8 Å². The van der Waals surface area contributed by atoms with Crippen molar-refractivity contribution in [2.75, 3.05) is 12.3 Å². The quantitative estimate of drug-likeness (QED) is 0.592. The second kappa shape index (κ2) is 8.78. The highest BCUT2D eigenvalue weighted by Gasteiger charge is 2.25. The first-order valence-electron chi connectivity index (χ1n) is 8.54. The van der Waals surface area contributed by atoms with Gasteiger partial charge in [0.1, 0.15) is 23.6 Å². The molecule has 3 N–H and O–H groups in total. The van der Waals surface area contributed by atoms with E-state index in [4.69, 9.17) is 19.9 Å². The first-order valence-corrected chi connectivity index (χ1v) is 8.54. The Balaban J connectivity index is 2.75. The standard InChI is InChI=1S/C19H30N2O5/c1-18(2,3)25-16(22)11-13(21-17(23)26-19(4,5)6)12-24-15-10-8-7-9-14(15)20/h7-10,13H,11-12,20H2,1-6H3,(H,21,23)/t13-/m1/s1. The van der Waals surface area contributed by atoms with Crippen LogP contribution in [-0.2, 0) is 14.3 Å². The van der Waals surface area contributed by atoms with Crippen molar-refractivity contribution in [1.82, 2.24) is 5.32 Å². The Morgan fingerprint density at radius 3 is 2.15 bits per heavy atom. The lowest BCUT2D eigenvalue weighted by atomic mass is 10.1. The largest absolute Gasteiger partial charge is 0.489 e. The molecule has 0 spiro atoms. The zero-order valence-electron chi connectivity index (χ0n) is 16.4. The van der Waals surface area contributed by atoms with Gasteiger partial charge < -0.3 is 25.3 Å². The summed E-state index contributed by atoms with van der Waals surface area (Å²) in [6, 6.07) is 6.38. The maximum absolute atomic E-state index is 12.1.